The first-order chi connectivity index (χ1) is 6.62. The standard InChI is InChI=1S/C9H20BrNO2S/c1-2-14(12,13)9-5-8-11-7-4-3-6-10/h11H,2-9H2,1H3. The van der Waals surface area contributed by atoms with Gasteiger partial charge in [-0.15, -0.1) is 0 Å². The van der Waals surface area contributed by atoms with E-state index in [-0.39, 0.29) is 5.75 Å². The molecule has 0 aromatic heterocycles. The lowest BCUT2D eigenvalue weighted by atomic mass is 10.3. The van der Waals surface area contributed by atoms with Crippen molar-refractivity contribution in [2.24, 2.45) is 0 Å². The number of hydrogen-bond donors (Lipinski definition) is 1. The minimum Gasteiger partial charge on any atom is -0.317 e. The van der Waals surface area contributed by atoms with E-state index in [1.165, 1.54) is 6.42 Å². The van der Waals surface area contributed by atoms with E-state index in [1.807, 2.05) is 0 Å². The largest absolute Gasteiger partial charge is 0.317 e. The van der Waals surface area contributed by atoms with Crippen LogP contribution in [0.2, 0.25) is 0 Å². The van der Waals surface area contributed by atoms with E-state index in [1.54, 1.807) is 6.92 Å². The maximum absolute atomic E-state index is 11.1. The van der Waals surface area contributed by atoms with E-state index < -0.39 is 9.84 Å². The Morgan fingerprint density at radius 3 is 2.36 bits per heavy atom. The number of nitrogens with one attached hydrogen (secondary N) is 1. The predicted octanol–water partition coefficient (Wildman–Crippen LogP) is 1.58. The van der Waals surface area contributed by atoms with Gasteiger partial charge in [0, 0.05) is 11.1 Å². The van der Waals surface area contributed by atoms with E-state index >= 15 is 0 Å². The van der Waals surface area contributed by atoms with Gasteiger partial charge in [0.1, 0.15) is 9.84 Å². The Kier molecular flexibility index (Phi) is 8.92. The van der Waals surface area contributed by atoms with Gasteiger partial charge in [0.05, 0.1) is 5.75 Å². The Morgan fingerprint density at radius 2 is 1.79 bits per heavy atom. The average Bonchev–Trinajstić information content (AvgIpc) is 2.16. The highest BCUT2D eigenvalue weighted by Gasteiger charge is 2.05. The Bertz CT molecular complexity index is 217. The van der Waals surface area contributed by atoms with E-state index in [0.717, 1.165) is 31.3 Å². The summed E-state index contributed by atoms with van der Waals surface area (Å²) < 4.78 is 22.2. The molecule has 0 aliphatic carbocycles. The molecule has 0 saturated heterocycles. The van der Waals surface area contributed by atoms with Gasteiger partial charge >= 0.3 is 0 Å². The van der Waals surface area contributed by atoms with Crippen LogP contribution in [0.5, 0.6) is 0 Å². The van der Waals surface area contributed by atoms with Crippen LogP contribution in [0.15, 0.2) is 0 Å². The van der Waals surface area contributed by atoms with Crippen LogP contribution in [0.25, 0.3) is 0 Å². The number of halogens is 1. The lowest BCUT2D eigenvalue weighted by molar-refractivity contribution is 0.587. The van der Waals surface area contributed by atoms with Crippen molar-refractivity contribution in [3.63, 3.8) is 0 Å². The zero-order valence-electron chi connectivity index (χ0n) is 8.76. The molecular formula is C9H20BrNO2S. The topological polar surface area (TPSA) is 46.2 Å². The molecule has 0 heterocycles. The van der Waals surface area contributed by atoms with Gasteiger partial charge in [0.15, 0.2) is 0 Å². The summed E-state index contributed by atoms with van der Waals surface area (Å²) in [6.07, 6.45) is 3.04. The zero-order chi connectivity index (χ0) is 10.9. The molecule has 0 unspecified atom stereocenters. The van der Waals surface area contributed by atoms with Crippen LogP contribution in [-0.4, -0.2) is 38.3 Å². The molecule has 14 heavy (non-hydrogen) atoms. The quantitative estimate of drug-likeness (QED) is 0.517. The molecule has 0 aliphatic rings. The lowest BCUT2D eigenvalue weighted by Gasteiger charge is -2.03. The summed E-state index contributed by atoms with van der Waals surface area (Å²) in [7, 11) is -2.76. The SMILES string of the molecule is CCS(=O)(=O)CCCNCCCCBr. The molecule has 0 radical (unpaired) electrons. The minimum absolute atomic E-state index is 0.261. The van der Waals surface area contributed by atoms with Gasteiger partial charge in [-0.2, -0.15) is 0 Å². The van der Waals surface area contributed by atoms with Crippen molar-refractivity contribution in [1.82, 2.24) is 5.32 Å². The third kappa shape index (κ3) is 8.97. The zero-order valence-corrected chi connectivity index (χ0v) is 11.2. The predicted molar refractivity (Wildman–Crippen MR) is 64.8 cm³/mol. The van der Waals surface area contributed by atoms with Crippen molar-refractivity contribution >= 4 is 25.8 Å². The van der Waals surface area contributed by atoms with Crippen LogP contribution in [0.4, 0.5) is 0 Å². The Labute approximate surface area is 95.7 Å². The number of alkyl halides is 1. The van der Waals surface area contributed by atoms with Gasteiger partial charge in [0.25, 0.3) is 0 Å². The second-order valence-electron chi connectivity index (χ2n) is 3.24. The van der Waals surface area contributed by atoms with Crippen LogP contribution in [0, 0.1) is 0 Å². The molecule has 0 saturated carbocycles. The van der Waals surface area contributed by atoms with Gasteiger partial charge in [0.2, 0.25) is 0 Å². The molecule has 0 spiro atoms. The molecule has 86 valence electrons. The number of unbranched alkanes of at least 4 members (excludes halogenated alkanes) is 1. The van der Waals surface area contributed by atoms with Crippen molar-refractivity contribution < 1.29 is 8.42 Å². The highest BCUT2D eigenvalue weighted by molar-refractivity contribution is 9.09. The maximum Gasteiger partial charge on any atom is 0.150 e. The summed E-state index contributed by atoms with van der Waals surface area (Å²) in [5.74, 6) is 0.575. The summed E-state index contributed by atoms with van der Waals surface area (Å²) in [6, 6.07) is 0. The highest BCUT2D eigenvalue weighted by atomic mass is 79.9. The first kappa shape index (κ1) is 14.4. The summed E-state index contributed by atoms with van der Waals surface area (Å²) in [5, 5.41) is 4.27. The molecule has 3 nitrogen and oxygen atoms in total. The Balaban J connectivity index is 3.22. The van der Waals surface area contributed by atoms with Crippen molar-refractivity contribution in [2.75, 3.05) is 29.9 Å². The van der Waals surface area contributed by atoms with Crippen molar-refractivity contribution in [1.29, 1.82) is 0 Å². The second-order valence-corrected chi connectivity index (χ2v) is 6.50. The second kappa shape index (κ2) is 8.68. The maximum atomic E-state index is 11.1. The molecule has 0 rings (SSSR count). The normalized spacial score (nSPS) is 11.9. The molecule has 0 aromatic rings. The summed E-state index contributed by atoms with van der Waals surface area (Å²) in [6.45, 7) is 3.48. The number of sulfone groups is 1. The van der Waals surface area contributed by atoms with Crippen LogP contribution in [0.3, 0.4) is 0 Å². The molecule has 0 atom stereocenters. The van der Waals surface area contributed by atoms with E-state index in [9.17, 15) is 8.42 Å². The van der Waals surface area contributed by atoms with Gasteiger partial charge in [-0.25, -0.2) is 8.42 Å². The molecule has 0 aromatic carbocycles. The summed E-state index contributed by atoms with van der Waals surface area (Å²) in [4.78, 5) is 0. The number of hydrogen-bond acceptors (Lipinski definition) is 3. The molecule has 0 aliphatic heterocycles. The molecule has 5 heteroatoms. The fourth-order valence-corrected chi connectivity index (χ4v) is 2.30. The monoisotopic (exact) mass is 285 g/mol. The highest BCUT2D eigenvalue weighted by Crippen LogP contribution is 1.94. The van der Waals surface area contributed by atoms with Gasteiger partial charge in [-0.1, -0.05) is 22.9 Å². The number of rotatable bonds is 9. The van der Waals surface area contributed by atoms with Gasteiger partial charge in [-0.3, -0.25) is 0 Å². The average molecular weight is 286 g/mol. The molecule has 0 amide bonds. The van der Waals surface area contributed by atoms with Crippen LogP contribution >= 0.6 is 15.9 Å². The molecule has 1 N–H and O–H groups in total. The molecule has 0 bridgehead atoms. The van der Waals surface area contributed by atoms with Gasteiger partial charge in [-0.05, 0) is 32.4 Å². The van der Waals surface area contributed by atoms with Crippen LogP contribution < -0.4 is 5.32 Å². The summed E-state index contributed by atoms with van der Waals surface area (Å²) in [5.41, 5.74) is 0. The first-order valence-electron chi connectivity index (χ1n) is 5.09. The third-order valence-electron chi connectivity index (χ3n) is 1.99. The first-order valence-corrected chi connectivity index (χ1v) is 8.03. The van der Waals surface area contributed by atoms with Crippen LogP contribution in [0.1, 0.15) is 26.2 Å². The molecule has 0 fully saturated rings. The van der Waals surface area contributed by atoms with Crippen molar-refractivity contribution in [2.45, 2.75) is 26.2 Å². The summed E-state index contributed by atoms with van der Waals surface area (Å²) >= 11 is 3.36. The minimum atomic E-state index is -2.76. The Hall–Kier alpha value is 0.390. The van der Waals surface area contributed by atoms with E-state index in [2.05, 4.69) is 21.2 Å². The van der Waals surface area contributed by atoms with E-state index in [0.29, 0.717) is 5.75 Å². The lowest BCUT2D eigenvalue weighted by Crippen LogP contribution is -2.20. The third-order valence-corrected chi connectivity index (χ3v) is 4.34. The van der Waals surface area contributed by atoms with E-state index in [4.69, 9.17) is 0 Å². The molecular weight excluding hydrogens is 266 g/mol. The van der Waals surface area contributed by atoms with Crippen molar-refractivity contribution in [3.8, 4) is 0 Å². The van der Waals surface area contributed by atoms with Crippen LogP contribution in [-0.2, 0) is 9.84 Å². The Morgan fingerprint density at radius 1 is 1.14 bits per heavy atom. The fourth-order valence-electron chi connectivity index (χ4n) is 1.03. The smallest absolute Gasteiger partial charge is 0.150 e. The van der Waals surface area contributed by atoms with Gasteiger partial charge < -0.3 is 5.32 Å². The fraction of sp³-hybridized carbons (Fsp3) is 1.00. The van der Waals surface area contributed by atoms with Crippen molar-refractivity contribution in [3.05, 3.63) is 0 Å².